The van der Waals surface area contributed by atoms with E-state index in [1.807, 2.05) is 0 Å². The number of allylic oxidation sites excluding steroid dienone is 2. The second kappa shape index (κ2) is 4.08. The minimum atomic E-state index is 0.433. The first kappa shape index (κ1) is 8.98. The van der Waals surface area contributed by atoms with Gasteiger partial charge in [-0.15, -0.1) is 0 Å². The van der Waals surface area contributed by atoms with Gasteiger partial charge in [0.2, 0.25) is 0 Å². The summed E-state index contributed by atoms with van der Waals surface area (Å²) < 4.78 is 0. The molecule has 0 N–H and O–H groups in total. The number of carbonyl (C=O) groups is 1. The molecule has 1 fully saturated rings. The fourth-order valence-electron chi connectivity index (χ4n) is 2.16. The lowest BCUT2D eigenvalue weighted by Crippen LogP contribution is -2.22. The van der Waals surface area contributed by atoms with Crippen LogP contribution in [0.1, 0.15) is 51.4 Å². The van der Waals surface area contributed by atoms with E-state index in [1.165, 1.54) is 37.7 Å². The molecule has 0 aromatic heterocycles. The van der Waals surface area contributed by atoms with Crippen molar-refractivity contribution in [1.82, 2.24) is 0 Å². The topological polar surface area (TPSA) is 17.1 Å². The van der Waals surface area contributed by atoms with Gasteiger partial charge in [0.05, 0.1) is 0 Å². The van der Waals surface area contributed by atoms with Crippen LogP contribution in [0.25, 0.3) is 0 Å². The van der Waals surface area contributed by atoms with Crippen molar-refractivity contribution in [3.8, 4) is 0 Å². The summed E-state index contributed by atoms with van der Waals surface area (Å²) in [6, 6.07) is 0. The normalized spacial score (nSPS) is 23.5. The predicted molar refractivity (Wildman–Crippen MR) is 53.5 cm³/mol. The molecule has 0 atom stereocenters. The lowest BCUT2D eigenvalue weighted by atomic mass is 9.79. The first-order valence-corrected chi connectivity index (χ1v) is 5.57. The summed E-state index contributed by atoms with van der Waals surface area (Å²) in [5.41, 5.74) is 1.42. The van der Waals surface area contributed by atoms with Gasteiger partial charge in [-0.1, -0.05) is 18.1 Å². The van der Waals surface area contributed by atoms with E-state index >= 15 is 0 Å². The van der Waals surface area contributed by atoms with E-state index in [4.69, 9.17) is 0 Å². The first-order valence-electron chi connectivity index (χ1n) is 5.57. The molecule has 0 spiro atoms. The molecule has 1 saturated carbocycles. The Labute approximate surface area is 80.2 Å². The Morgan fingerprint density at radius 2 is 2.15 bits per heavy atom. The molecule has 2 aliphatic rings. The highest BCUT2D eigenvalue weighted by molar-refractivity contribution is 5.83. The van der Waals surface area contributed by atoms with Crippen molar-refractivity contribution in [2.45, 2.75) is 51.4 Å². The number of rotatable bonds is 3. The van der Waals surface area contributed by atoms with Crippen LogP contribution in [0.2, 0.25) is 0 Å². The summed E-state index contributed by atoms with van der Waals surface area (Å²) in [6.45, 7) is 0. The highest BCUT2D eigenvalue weighted by Gasteiger charge is 2.25. The molecule has 0 aliphatic heterocycles. The van der Waals surface area contributed by atoms with Crippen molar-refractivity contribution in [1.29, 1.82) is 0 Å². The fraction of sp³-hybridized carbons (Fsp3) is 0.750. The van der Waals surface area contributed by atoms with Gasteiger partial charge in [0.1, 0.15) is 5.78 Å². The Kier molecular flexibility index (Phi) is 2.82. The molecular weight excluding hydrogens is 160 g/mol. The van der Waals surface area contributed by atoms with E-state index in [0.717, 1.165) is 19.3 Å². The van der Waals surface area contributed by atoms with Gasteiger partial charge in [-0.05, 0) is 38.5 Å². The van der Waals surface area contributed by atoms with Crippen molar-refractivity contribution in [2.75, 3.05) is 0 Å². The summed E-state index contributed by atoms with van der Waals surface area (Å²) in [7, 11) is 0. The Bertz CT molecular complexity index is 223. The third-order valence-electron chi connectivity index (χ3n) is 3.35. The van der Waals surface area contributed by atoms with Crippen LogP contribution in [0.5, 0.6) is 0 Å². The number of carbonyl (C=O) groups excluding carboxylic acids is 1. The minimum Gasteiger partial charge on any atom is -0.299 e. The number of hydrogen-bond donors (Lipinski definition) is 0. The Hall–Kier alpha value is -0.590. The number of ketones is 1. The summed E-state index contributed by atoms with van der Waals surface area (Å²) in [5.74, 6) is 0.947. The first-order chi connectivity index (χ1) is 6.36. The standard InChI is InChI=1S/C12H18O/c13-12(11-7-4-8-11)9-10-5-2-1-3-6-10/h5,11H,1-4,6-9H2. The van der Waals surface area contributed by atoms with Crippen LogP contribution < -0.4 is 0 Å². The minimum absolute atomic E-state index is 0.433. The maximum atomic E-state index is 11.7. The summed E-state index contributed by atoms with van der Waals surface area (Å²) in [4.78, 5) is 11.7. The molecule has 13 heavy (non-hydrogen) atoms. The third kappa shape index (κ3) is 2.20. The molecule has 0 amide bonds. The maximum Gasteiger partial charge on any atom is 0.139 e. The van der Waals surface area contributed by atoms with Crippen molar-refractivity contribution in [3.63, 3.8) is 0 Å². The maximum absolute atomic E-state index is 11.7. The van der Waals surface area contributed by atoms with E-state index in [9.17, 15) is 4.79 Å². The zero-order chi connectivity index (χ0) is 9.10. The van der Waals surface area contributed by atoms with E-state index in [2.05, 4.69) is 6.08 Å². The van der Waals surface area contributed by atoms with Crippen LogP contribution in [0.3, 0.4) is 0 Å². The summed E-state index contributed by atoms with van der Waals surface area (Å²) in [6.07, 6.45) is 11.6. The van der Waals surface area contributed by atoms with Gasteiger partial charge in [0.25, 0.3) is 0 Å². The summed E-state index contributed by atoms with van der Waals surface area (Å²) >= 11 is 0. The third-order valence-corrected chi connectivity index (χ3v) is 3.35. The Morgan fingerprint density at radius 3 is 2.69 bits per heavy atom. The molecule has 0 radical (unpaired) electrons. The molecule has 0 aromatic carbocycles. The van der Waals surface area contributed by atoms with E-state index < -0.39 is 0 Å². The zero-order valence-corrected chi connectivity index (χ0v) is 8.22. The van der Waals surface area contributed by atoms with Gasteiger partial charge in [-0.25, -0.2) is 0 Å². The molecule has 0 saturated heterocycles. The van der Waals surface area contributed by atoms with Crippen molar-refractivity contribution in [3.05, 3.63) is 11.6 Å². The quantitative estimate of drug-likeness (QED) is 0.606. The van der Waals surface area contributed by atoms with Gasteiger partial charge < -0.3 is 0 Å². The van der Waals surface area contributed by atoms with Crippen LogP contribution in [-0.4, -0.2) is 5.78 Å². The van der Waals surface area contributed by atoms with Crippen molar-refractivity contribution >= 4 is 5.78 Å². The largest absolute Gasteiger partial charge is 0.299 e. The lowest BCUT2D eigenvalue weighted by Gasteiger charge is -2.24. The monoisotopic (exact) mass is 178 g/mol. The Balaban J connectivity index is 1.82. The van der Waals surface area contributed by atoms with Crippen LogP contribution in [-0.2, 0) is 4.79 Å². The van der Waals surface area contributed by atoms with Gasteiger partial charge in [-0.3, -0.25) is 4.79 Å². The Morgan fingerprint density at radius 1 is 1.31 bits per heavy atom. The molecule has 0 unspecified atom stereocenters. The van der Waals surface area contributed by atoms with Gasteiger partial charge >= 0.3 is 0 Å². The number of hydrogen-bond acceptors (Lipinski definition) is 1. The molecule has 0 heterocycles. The van der Waals surface area contributed by atoms with Crippen LogP contribution >= 0.6 is 0 Å². The van der Waals surface area contributed by atoms with Crippen LogP contribution in [0.4, 0.5) is 0 Å². The van der Waals surface area contributed by atoms with E-state index in [1.54, 1.807) is 0 Å². The second-order valence-electron chi connectivity index (χ2n) is 4.38. The molecule has 0 aromatic rings. The van der Waals surface area contributed by atoms with E-state index in [0.29, 0.717) is 11.7 Å². The average molecular weight is 178 g/mol. The second-order valence-corrected chi connectivity index (χ2v) is 4.38. The highest BCUT2D eigenvalue weighted by atomic mass is 16.1. The van der Waals surface area contributed by atoms with Crippen LogP contribution in [0.15, 0.2) is 11.6 Å². The summed E-state index contributed by atoms with van der Waals surface area (Å²) in [5, 5.41) is 0. The molecule has 2 aliphatic carbocycles. The molecule has 2 rings (SSSR count). The van der Waals surface area contributed by atoms with Crippen molar-refractivity contribution in [2.24, 2.45) is 5.92 Å². The molecular formula is C12H18O. The molecule has 1 heteroatoms. The highest BCUT2D eigenvalue weighted by Crippen LogP contribution is 2.30. The lowest BCUT2D eigenvalue weighted by molar-refractivity contribution is -0.124. The molecule has 1 nitrogen and oxygen atoms in total. The zero-order valence-electron chi connectivity index (χ0n) is 8.22. The predicted octanol–water partition coefficient (Wildman–Crippen LogP) is 3.25. The fourth-order valence-corrected chi connectivity index (χ4v) is 2.16. The van der Waals surface area contributed by atoms with Crippen LogP contribution in [0, 0.1) is 5.92 Å². The SMILES string of the molecule is O=C(CC1=CCCCC1)C1CCC1. The van der Waals surface area contributed by atoms with Crippen molar-refractivity contribution < 1.29 is 4.79 Å². The van der Waals surface area contributed by atoms with E-state index in [-0.39, 0.29) is 0 Å². The molecule has 72 valence electrons. The van der Waals surface area contributed by atoms with Gasteiger partial charge in [0, 0.05) is 12.3 Å². The van der Waals surface area contributed by atoms with Gasteiger partial charge in [-0.2, -0.15) is 0 Å². The molecule has 0 bridgehead atoms. The van der Waals surface area contributed by atoms with Gasteiger partial charge in [0.15, 0.2) is 0 Å². The average Bonchev–Trinajstić information content (AvgIpc) is 2.02. The smallest absolute Gasteiger partial charge is 0.139 e. The number of Topliss-reactive ketones (excluding diaryl/α,β-unsaturated/α-hetero) is 1.